The maximum Gasteiger partial charge on any atom is 0.433 e. The zero-order chi connectivity index (χ0) is 23.5. The molecule has 0 amide bonds. The molecule has 0 radical (unpaired) electrons. The molecular formula is C21H17ClF6N2O2. The molecule has 0 bridgehead atoms. The van der Waals surface area contributed by atoms with Gasteiger partial charge in [0.25, 0.3) is 0 Å². The van der Waals surface area contributed by atoms with Gasteiger partial charge in [-0.1, -0.05) is 35.9 Å². The predicted molar refractivity (Wildman–Crippen MR) is 107 cm³/mol. The van der Waals surface area contributed by atoms with Gasteiger partial charge < -0.3 is 15.2 Å². The number of hydrogen-bond acceptors (Lipinski definition) is 4. The van der Waals surface area contributed by atoms with E-state index in [9.17, 15) is 31.4 Å². The first-order chi connectivity index (χ1) is 15.0. The van der Waals surface area contributed by atoms with Crippen molar-refractivity contribution in [3.8, 4) is 5.75 Å². The molecule has 2 N–H and O–H groups in total. The summed E-state index contributed by atoms with van der Waals surface area (Å²) in [5.74, 6) is 0.436. The van der Waals surface area contributed by atoms with Crippen LogP contribution in [0.1, 0.15) is 22.9 Å². The molecule has 0 aliphatic carbocycles. The lowest BCUT2D eigenvalue weighted by Gasteiger charge is -2.19. The third-order valence-electron chi connectivity index (χ3n) is 4.54. The maximum absolute atomic E-state index is 13.3. The van der Waals surface area contributed by atoms with E-state index in [1.54, 1.807) is 24.3 Å². The summed E-state index contributed by atoms with van der Waals surface area (Å²) < 4.78 is 85.2. The van der Waals surface area contributed by atoms with Gasteiger partial charge in [-0.05, 0) is 29.8 Å². The molecule has 1 atom stereocenters. The van der Waals surface area contributed by atoms with Crippen molar-refractivity contribution in [2.24, 2.45) is 0 Å². The lowest BCUT2D eigenvalue weighted by molar-refractivity contribution is -0.142. The highest BCUT2D eigenvalue weighted by Crippen LogP contribution is 2.38. The Labute approximate surface area is 183 Å². The number of aliphatic hydroxyl groups is 1. The lowest BCUT2D eigenvalue weighted by atomic mass is 9.99. The Bertz CT molecular complexity index is 1090. The first-order valence-corrected chi connectivity index (χ1v) is 9.70. The predicted octanol–water partition coefficient (Wildman–Crippen LogP) is 5.63. The fourth-order valence-corrected chi connectivity index (χ4v) is 3.26. The third kappa shape index (κ3) is 5.62. The molecule has 0 aliphatic heterocycles. The number of aromatic nitrogens is 1. The number of para-hydroxylation sites is 2. The summed E-state index contributed by atoms with van der Waals surface area (Å²) >= 11 is 5.96. The van der Waals surface area contributed by atoms with E-state index < -0.39 is 35.2 Å². The van der Waals surface area contributed by atoms with Gasteiger partial charge >= 0.3 is 12.4 Å². The van der Waals surface area contributed by atoms with Crippen molar-refractivity contribution in [3.05, 3.63) is 70.4 Å². The van der Waals surface area contributed by atoms with Crippen molar-refractivity contribution < 1.29 is 36.2 Å². The number of nitrogens with one attached hydrogen (secondary N) is 1. The second-order valence-electron chi connectivity index (χ2n) is 6.79. The Kier molecular flexibility index (Phi) is 7.16. The van der Waals surface area contributed by atoms with Crippen LogP contribution in [0.15, 0.2) is 48.5 Å². The molecule has 2 aromatic carbocycles. The summed E-state index contributed by atoms with van der Waals surface area (Å²) in [6.07, 6.45) is -11.4. The number of alkyl halides is 6. The molecule has 0 fully saturated rings. The van der Waals surface area contributed by atoms with E-state index in [0.29, 0.717) is 22.9 Å². The van der Waals surface area contributed by atoms with E-state index in [2.05, 4.69) is 10.3 Å². The third-order valence-corrected chi connectivity index (χ3v) is 4.85. The van der Waals surface area contributed by atoms with Crippen LogP contribution in [0.25, 0.3) is 10.9 Å². The monoisotopic (exact) mass is 478 g/mol. The molecule has 1 aromatic heterocycles. The highest BCUT2D eigenvalue weighted by molar-refractivity contribution is 6.32. The lowest BCUT2D eigenvalue weighted by Crippen LogP contribution is -2.26. The van der Waals surface area contributed by atoms with Crippen LogP contribution in [0.5, 0.6) is 5.75 Å². The highest BCUT2D eigenvalue weighted by Gasteiger charge is 2.37. The van der Waals surface area contributed by atoms with E-state index in [1.165, 1.54) is 6.07 Å². The van der Waals surface area contributed by atoms with Gasteiger partial charge in [-0.3, -0.25) is 0 Å². The van der Waals surface area contributed by atoms with E-state index >= 15 is 0 Å². The molecule has 11 heteroatoms. The molecule has 4 nitrogen and oxygen atoms in total. The quantitative estimate of drug-likeness (QED) is 0.341. The average molecular weight is 479 g/mol. The molecule has 0 saturated carbocycles. The molecule has 3 rings (SSSR count). The van der Waals surface area contributed by atoms with Crippen LogP contribution in [0.2, 0.25) is 5.02 Å². The largest absolute Gasteiger partial charge is 0.491 e. The van der Waals surface area contributed by atoms with Crippen molar-refractivity contribution in [1.82, 2.24) is 10.3 Å². The van der Waals surface area contributed by atoms with E-state index in [0.717, 1.165) is 6.07 Å². The second-order valence-corrected chi connectivity index (χ2v) is 7.20. The minimum atomic E-state index is -4.99. The van der Waals surface area contributed by atoms with Gasteiger partial charge in [0.1, 0.15) is 18.1 Å². The molecule has 1 unspecified atom stereocenters. The minimum absolute atomic E-state index is 0.138. The number of benzene rings is 2. The van der Waals surface area contributed by atoms with Crippen LogP contribution in [0, 0.1) is 0 Å². The summed E-state index contributed by atoms with van der Waals surface area (Å²) in [5.41, 5.74) is -4.01. The minimum Gasteiger partial charge on any atom is -0.491 e. The van der Waals surface area contributed by atoms with Gasteiger partial charge in [0, 0.05) is 18.5 Å². The van der Waals surface area contributed by atoms with Crippen LogP contribution in [-0.2, 0) is 12.4 Å². The molecular weight excluding hydrogens is 462 g/mol. The van der Waals surface area contributed by atoms with E-state index in [1.807, 2.05) is 0 Å². The summed E-state index contributed by atoms with van der Waals surface area (Å²) in [6, 6.07) is 10.2. The van der Waals surface area contributed by atoms with Crippen LogP contribution < -0.4 is 10.1 Å². The Hall–Kier alpha value is -2.56. The topological polar surface area (TPSA) is 54.4 Å². The number of nitrogens with zero attached hydrogens (tertiary/aromatic N) is 1. The highest BCUT2D eigenvalue weighted by atomic mass is 35.5. The van der Waals surface area contributed by atoms with Crippen molar-refractivity contribution in [3.63, 3.8) is 0 Å². The van der Waals surface area contributed by atoms with Crippen LogP contribution in [0.4, 0.5) is 26.3 Å². The Balaban J connectivity index is 1.79. The zero-order valence-electron chi connectivity index (χ0n) is 16.3. The zero-order valence-corrected chi connectivity index (χ0v) is 17.0. The number of halogens is 7. The average Bonchev–Trinajstić information content (AvgIpc) is 2.72. The fraction of sp³-hybridized carbons (Fsp3) is 0.286. The Morgan fingerprint density at radius 2 is 1.72 bits per heavy atom. The number of pyridine rings is 1. The summed E-state index contributed by atoms with van der Waals surface area (Å²) in [6.45, 7) is 0.114. The maximum atomic E-state index is 13.3. The van der Waals surface area contributed by atoms with Crippen LogP contribution in [0.3, 0.4) is 0 Å². The molecule has 0 saturated heterocycles. The smallest absolute Gasteiger partial charge is 0.433 e. The van der Waals surface area contributed by atoms with Gasteiger partial charge in [-0.2, -0.15) is 26.3 Å². The summed E-state index contributed by atoms with van der Waals surface area (Å²) in [5, 5.41) is 13.4. The van der Waals surface area contributed by atoms with Crippen molar-refractivity contribution >= 4 is 22.5 Å². The van der Waals surface area contributed by atoms with E-state index in [-0.39, 0.29) is 30.6 Å². The summed E-state index contributed by atoms with van der Waals surface area (Å²) in [4.78, 5) is 3.20. The number of hydrogen-bond donors (Lipinski definition) is 2. The molecule has 1 heterocycles. The summed E-state index contributed by atoms with van der Waals surface area (Å²) in [7, 11) is 0. The number of fused-ring (bicyclic) bond motifs is 1. The van der Waals surface area contributed by atoms with Crippen molar-refractivity contribution in [1.29, 1.82) is 0 Å². The van der Waals surface area contributed by atoms with Crippen molar-refractivity contribution in [2.45, 2.75) is 18.5 Å². The molecule has 0 aliphatic rings. The number of rotatable bonds is 7. The Morgan fingerprint density at radius 3 is 2.38 bits per heavy atom. The standard InChI is InChI=1S/C21H17ClF6N2O2/c22-15-6-1-2-7-17(15)32-9-8-29-11-16(31)13-10-18(21(26,27)28)30-19-12(13)4-3-5-14(19)20(23,24)25/h1-7,10,16,29,31H,8-9,11H2. The SMILES string of the molecule is OC(CNCCOc1ccccc1Cl)c1cc(C(F)(F)F)nc2c(C(F)(F)F)cccc12. The van der Waals surface area contributed by atoms with Crippen LogP contribution in [-0.4, -0.2) is 29.8 Å². The molecule has 3 aromatic rings. The first-order valence-electron chi connectivity index (χ1n) is 9.32. The van der Waals surface area contributed by atoms with Gasteiger partial charge in [0.2, 0.25) is 0 Å². The van der Waals surface area contributed by atoms with Crippen LogP contribution >= 0.6 is 11.6 Å². The normalized spacial score (nSPS) is 13.4. The second kappa shape index (κ2) is 9.51. The molecule has 32 heavy (non-hydrogen) atoms. The number of ether oxygens (including phenoxy) is 1. The van der Waals surface area contributed by atoms with Gasteiger partial charge in [-0.15, -0.1) is 0 Å². The number of aliphatic hydroxyl groups excluding tert-OH is 1. The van der Waals surface area contributed by atoms with Crippen molar-refractivity contribution in [2.75, 3.05) is 19.7 Å². The van der Waals surface area contributed by atoms with E-state index in [4.69, 9.17) is 16.3 Å². The van der Waals surface area contributed by atoms with Gasteiger partial charge in [0.05, 0.1) is 22.2 Å². The fourth-order valence-electron chi connectivity index (χ4n) is 3.07. The van der Waals surface area contributed by atoms with Gasteiger partial charge in [-0.25, -0.2) is 4.98 Å². The first kappa shape index (κ1) is 24.1. The Morgan fingerprint density at radius 1 is 1.00 bits per heavy atom. The molecule has 172 valence electrons. The van der Waals surface area contributed by atoms with Gasteiger partial charge in [0.15, 0.2) is 0 Å². The molecule has 0 spiro atoms.